The average Bonchev–Trinajstić information content (AvgIpc) is 3.32. The summed E-state index contributed by atoms with van der Waals surface area (Å²) in [6.07, 6.45) is 0.908. The smallest absolute Gasteiger partial charge is 0.254 e. The molecule has 0 N–H and O–H groups in total. The molecule has 1 amide bonds. The molecule has 150 valence electrons. The minimum absolute atomic E-state index is 0.117. The summed E-state index contributed by atoms with van der Waals surface area (Å²) < 4.78 is 16.0. The number of carbonyl (C=O) groups is 1. The lowest BCUT2D eigenvalue weighted by molar-refractivity contribution is -0.118. The normalized spacial score (nSPS) is 19.6. The fourth-order valence-electron chi connectivity index (χ4n) is 3.98. The number of anilines is 1. The van der Waals surface area contributed by atoms with Crippen molar-refractivity contribution in [1.82, 2.24) is 10.1 Å². The highest BCUT2D eigenvalue weighted by molar-refractivity contribution is 5.96. The van der Waals surface area contributed by atoms with E-state index in [-0.39, 0.29) is 5.91 Å². The summed E-state index contributed by atoms with van der Waals surface area (Å²) in [4.78, 5) is 17.3. The molecule has 0 radical (unpaired) electrons. The molecule has 0 bridgehead atoms. The Morgan fingerprint density at radius 2 is 2.11 bits per heavy atom. The van der Waals surface area contributed by atoms with Gasteiger partial charge in [0, 0.05) is 56.7 Å². The van der Waals surface area contributed by atoms with Crippen molar-refractivity contribution in [3.8, 4) is 5.88 Å². The number of rotatable bonds is 7. The Balaban J connectivity index is 1.39. The molecule has 28 heavy (non-hydrogen) atoms. The van der Waals surface area contributed by atoms with Gasteiger partial charge >= 0.3 is 0 Å². The maximum Gasteiger partial charge on any atom is 0.254 e. The molecule has 1 aromatic heterocycles. The van der Waals surface area contributed by atoms with Crippen LogP contribution in [0.2, 0.25) is 0 Å². The van der Waals surface area contributed by atoms with Gasteiger partial charge in [-0.15, -0.1) is 0 Å². The molecule has 2 aliphatic heterocycles. The summed E-state index contributed by atoms with van der Waals surface area (Å²) in [7, 11) is 0. The standard InChI is InChI=1S/C21H27N3O4/c1-2-27-20-13-17(28-22-20)7-8-21(25)24-15-16(14-23-9-11-26-12-10-23)18-5-3-4-6-19(18)24/h3-6,13,16H,2,7-12,14-15H2,1H3/t16-/m0/s1. The minimum atomic E-state index is 0.117. The van der Waals surface area contributed by atoms with Crippen LogP contribution in [0.5, 0.6) is 5.88 Å². The number of aryl methyl sites for hydroxylation is 1. The number of fused-ring (bicyclic) bond motifs is 1. The fraction of sp³-hybridized carbons (Fsp3) is 0.524. The number of nitrogens with zero attached hydrogens (tertiary/aromatic N) is 3. The highest BCUT2D eigenvalue weighted by atomic mass is 16.5. The topological polar surface area (TPSA) is 68.0 Å². The van der Waals surface area contributed by atoms with Crippen molar-refractivity contribution in [2.24, 2.45) is 0 Å². The Bertz CT molecular complexity index is 800. The highest BCUT2D eigenvalue weighted by Crippen LogP contribution is 2.37. The van der Waals surface area contributed by atoms with Crippen molar-refractivity contribution in [3.05, 3.63) is 41.7 Å². The molecular weight excluding hydrogens is 358 g/mol. The molecule has 0 saturated carbocycles. The monoisotopic (exact) mass is 385 g/mol. The van der Waals surface area contributed by atoms with E-state index in [9.17, 15) is 4.79 Å². The predicted molar refractivity (Wildman–Crippen MR) is 105 cm³/mol. The Labute approximate surface area is 165 Å². The van der Waals surface area contributed by atoms with E-state index in [1.807, 2.05) is 24.0 Å². The zero-order chi connectivity index (χ0) is 19.3. The fourth-order valence-corrected chi connectivity index (χ4v) is 3.98. The van der Waals surface area contributed by atoms with Crippen molar-refractivity contribution in [2.45, 2.75) is 25.7 Å². The molecule has 2 aliphatic rings. The molecule has 0 spiro atoms. The van der Waals surface area contributed by atoms with Crippen LogP contribution in [0.15, 0.2) is 34.9 Å². The van der Waals surface area contributed by atoms with E-state index >= 15 is 0 Å². The zero-order valence-corrected chi connectivity index (χ0v) is 16.3. The first-order chi connectivity index (χ1) is 13.7. The number of ether oxygens (including phenoxy) is 2. The molecule has 0 unspecified atom stereocenters. The van der Waals surface area contributed by atoms with E-state index in [1.54, 1.807) is 6.07 Å². The van der Waals surface area contributed by atoms with Gasteiger partial charge in [-0.25, -0.2) is 0 Å². The van der Waals surface area contributed by atoms with Crippen LogP contribution in [0.3, 0.4) is 0 Å². The van der Waals surface area contributed by atoms with Crippen molar-refractivity contribution in [2.75, 3.05) is 50.9 Å². The second-order valence-electron chi connectivity index (χ2n) is 7.24. The molecular formula is C21H27N3O4. The van der Waals surface area contributed by atoms with E-state index in [0.717, 1.165) is 45.1 Å². The van der Waals surface area contributed by atoms with Crippen LogP contribution in [0.25, 0.3) is 0 Å². The zero-order valence-electron chi connectivity index (χ0n) is 16.3. The van der Waals surface area contributed by atoms with Gasteiger partial charge in [0.2, 0.25) is 5.91 Å². The maximum absolute atomic E-state index is 13.0. The summed E-state index contributed by atoms with van der Waals surface area (Å²) in [6, 6.07) is 10.0. The summed E-state index contributed by atoms with van der Waals surface area (Å²) >= 11 is 0. The lowest BCUT2D eigenvalue weighted by atomic mass is 10.0. The first-order valence-electron chi connectivity index (χ1n) is 10.0. The van der Waals surface area contributed by atoms with Crippen LogP contribution < -0.4 is 9.64 Å². The molecule has 4 rings (SSSR count). The van der Waals surface area contributed by atoms with Gasteiger partial charge in [-0.1, -0.05) is 18.2 Å². The number of amides is 1. The third kappa shape index (κ3) is 4.20. The van der Waals surface area contributed by atoms with E-state index < -0.39 is 0 Å². The molecule has 1 saturated heterocycles. The van der Waals surface area contributed by atoms with Crippen molar-refractivity contribution < 1.29 is 18.8 Å². The summed E-state index contributed by atoms with van der Waals surface area (Å²) in [5, 5.41) is 3.86. The molecule has 1 aromatic carbocycles. The molecule has 2 aromatic rings. The summed E-state index contributed by atoms with van der Waals surface area (Å²) in [5.41, 5.74) is 2.30. The van der Waals surface area contributed by atoms with Crippen LogP contribution in [-0.2, 0) is 16.0 Å². The van der Waals surface area contributed by atoms with Crippen LogP contribution in [-0.4, -0.2) is 62.0 Å². The lowest BCUT2D eigenvalue weighted by Gasteiger charge is -2.29. The van der Waals surface area contributed by atoms with Crippen LogP contribution in [0.1, 0.15) is 30.6 Å². The predicted octanol–water partition coefficient (Wildman–Crippen LogP) is 2.47. The third-order valence-corrected chi connectivity index (χ3v) is 5.37. The number of hydrogen-bond acceptors (Lipinski definition) is 6. The van der Waals surface area contributed by atoms with Gasteiger partial charge in [0.05, 0.1) is 19.8 Å². The molecule has 7 nitrogen and oxygen atoms in total. The first kappa shape index (κ1) is 19.0. The van der Waals surface area contributed by atoms with Gasteiger partial charge in [0.25, 0.3) is 5.88 Å². The Morgan fingerprint density at radius 3 is 2.93 bits per heavy atom. The third-order valence-electron chi connectivity index (χ3n) is 5.37. The van der Waals surface area contributed by atoms with Crippen LogP contribution in [0, 0.1) is 0 Å². The van der Waals surface area contributed by atoms with E-state index in [4.69, 9.17) is 14.0 Å². The van der Waals surface area contributed by atoms with Gasteiger partial charge in [-0.05, 0) is 23.7 Å². The number of benzene rings is 1. The summed E-state index contributed by atoms with van der Waals surface area (Å²) in [5.74, 6) is 1.61. The van der Waals surface area contributed by atoms with Gasteiger partial charge in [0.15, 0.2) is 0 Å². The van der Waals surface area contributed by atoms with E-state index in [2.05, 4.69) is 22.2 Å². The quantitative estimate of drug-likeness (QED) is 0.729. The number of carbonyl (C=O) groups excluding carboxylic acids is 1. The maximum atomic E-state index is 13.0. The molecule has 1 fully saturated rings. The molecule has 0 aliphatic carbocycles. The number of para-hydroxylation sites is 1. The number of hydrogen-bond donors (Lipinski definition) is 0. The van der Waals surface area contributed by atoms with Crippen LogP contribution >= 0.6 is 0 Å². The lowest BCUT2D eigenvalue weighted by Crippen LogP contribution is -2.40. The number of aromatic nitrogens is 1. The second kappa shape index (κ2) is 8.75. The van der Waals surface area contributed by atoms with Gasteiger partial charge in [-0.2, -0.15) is 0 Å². The van der Waals surface area contributed by atoms with E-state index in [0.29, 0.717) is 37.0 Å². The van der Waals surface area contributed by atoms with Gasteiger partial charge < -0.3 is 18.9 Å². The molecule has 3 heterocycles. The van der Waals surface area contributed by atoms with Crippen LogP contribution in [0.4, 0.5) is 5.69 Å². The Hall–Kier alpha value is -2.38. The minimum Gasteiger partial charge on any atom is -0.476 e. The SMILES string of the molecule is CCOc1cc(CCC(=O)N2C[C@H](CN3CCOCC3)c3ccccc32)on1. The van der Waals surface area contributed by atoms with Crippen molar-refractivity contribution in [1.29, 1.82) is 0 Å². The Morgan fingerprint density at radius 1 is 1.29 bits per heavy atom. The summed E-state index contributed by atoms with van der Waals surface area (Å²) in [6.45, 7) is 7.63. The molecule has 1 atom stereocenters. The first-order valence-corrected chi connectivity index (χ1v) is 10.0. The van der Waals surface area contributed by atoms with Gasteiger partial charge in [-0.3, -0.25) is 9.69 Å². The number of morpholine rings is 1. The second-order valence-corrected chi connectivity index (χ2v) is 7.24. The Kier molecular flexibility index (Phi) is 5.92. The largest absolute Gasteiger partial charge is 0.476 e. The van der Waals surface area contributed by atoms with Crippen molar-refractivity contribution >= 4 is 11.6 Å². The highest BCUT2D eigenvalue weighted by Gasteiger charge is 2.33. The average molecular weight is 385 g/mol. The van der Waals surface area contributed by atoms with Gasteiger partial charge in [0.1, 0.15) is 5.76 Å². The molecule has 7 heteroatoms. The van der Waals surface area contributed by atoms with E-state index in [1.165, 1.54) is 5.56 Å². The van der Waals surface area contributed by atoms with Crippen molar-refractivity contribution in [3.63, 3.8) is 0 Å².